The van der Waals surface area contributed by atoms with Gasteiger partial charge < -0.3 is 4.74 Å². The number of nitrogens with zero attached hydrogens (tertiary/aromatic N) is 1. The van der Waals surface area contributed by atoms with E-state index >= 15 is 0 Å². The van der Waals surface area contributed by atoms with Gasteiger partial charge in [-0.25, -0.2) is 9.69 Å². The van der Waals surface area contributed by atoms with E-state index in [1.54, 1.807) is 0 Å². The van der Waals surface area contributed by atoms with Gasteiger partial charge in [0.25, 0.3) is 0 Å². The van der Waals surface area contributed by atoms with E-state index in [9.17, 15) is 22.8 Å². The number of carbonyl (C=O) groups is 2. The molecule has 4 nitrogen and oxygen atoms in total. The van der Waals surface area contributed by atoms with Gasteiger partial charge in [0, 0.05) is 0 Å². The molecule has 0 bridgehead atoms. The largest absolute Gasteiger partial charge is 0.449 e. The number of alkyl halides is 3. The van der Waals surface area contributed by atoms with Crippen molar-refractivity contribution in [1.82, 2.24) is 0 Å². The van der Waals surface area contributed by atoms with Gasteiger partial charge in [-0.15, -0.1) is 0 Å². The van der Waals surface area contributed by atoms with E-state index in [1.165, 1.54) is 6.92 Å². The summed E-state index contributed by atoms with van der Waals surface area (Å²) in [5, 5.41) is -1.25. The number of benzene rings is 1. The summed E-state index contributed by atoms with van der Waals surface area (Å²) in [6.45, 7) is 1.44. The molecule has 0 N–H and O–H groups in total. The van der Waals surface area contributed by atoms with Crippen LogP contribution in [0.25, 0.3) is 0 Å². The van der Waals surface area contributed by atoms with Crippen molar-refractivity contribution in [2.45, 2.75) is 13.1 Å². The number of halogens is 4. The van der Waals surface area contributed by atoms with Crippen LogP contribution in [0.15, 0.2) is 24.3 Å². The Bertz CT molecular complexity index is 490. The molecule has 0 spiro atoms. The Morgan fingerprint density at radius 3 is 2.47 bits per heavy atom. The molecular weight excluding hydrogens is 287 g/mol. The highest BCUT2D eigenvalue weighted by atomic mass is 35.5. The number of ether oxygens (including phenoxy) is 1. The lowest BCUT2D eigenvalue weighted by atomic mass is 10.2. The Morgan fingerprint density at radius 1 is 1.37 bits per heavy atom. The second-order valence-electron chi connectivity index (χ2n) is 3.34. The maximum absolute atomic E-state index is 12.5. The van der Waals surface area contributed by atoms with E-state index in [0.717, 1.165) is 18.2 Å². The maximum atomic E-state index is 12.5. The predicted octanol–water partition coefficient (Wildman–Crippen LogP) is 4.03. The van der Waals surface area contributed by atoms with Crippen LogP contribution < -0.4 is 4.90 Å². The minimum atomic E-state index is -4.59. The molecule has 1 aromatic rings. The van der Waals surface area contributed by atoms with Crippen LogP contribution in [-0.4, -0.2) is 18.1 Å². The third kappa shape index (κ3) is 3.85. The monoisotopic (exact) mass is 295 g/mol. The summed E-state index contributed by atoms with van der Waals surface area (Å²) in [7, 11) is 0. The van der Waals surface area contributed by atoms with Crippen LogP contribution in [0.2, 0.25) is 0 Å². The Kier molecular flexibility index (Phi) is 4.77. The van der Waals surface area contributed by atoms with Crippen LogP contribution in [0, 0.1) is 0 Å². The quantitative estimate of drug-likeness (QED) is 0.611. The molecule has 2 amide bonds. The SMILES string of the molecule is CCOC(=O)N(C(=O)Cl)c1cccc(C(F)(F)F)c1. The summed E-state index contributed by atoms with van der Waals surface area (Å²) in [6.07, 6.45) is -5.73. The summed E-state index contributed by atoms with van der Waals surface area (Å²) >= 11 is 5.18. The molecule has 0 saturated heterocycles. The number of carbonyl (C=O) groups excluding carboxylic acids is 2. The first-order chi connectivity index (χ1) is 8.77. The first-order valence-electron chi connectivity index (χ1n) is 5.11. The Balaban J connectivity index is 3.17. The second kappa shape index (κ2) is 5.92. The van der Waals surface area contributed by atoms with Gasteiger partial charge in [-0.3, -0.25) is 4.79 Å². The molecule has 0 aliphatic carbocycles. The maximum Gasteiger partial charge on any atom is 0.422 e. The zero-order valence-electron chi connectivity index (χ0n) is 9.70. The average Bonchev–Trinajstić information content (AvgIpc) is 2.28. The first kappa shape index (κ1) is 15.3. The fourth-order valence-electron chi connectivity index (χ4n) is 1.29. The summed E-state index contributed by atoms with van der Waals surface area (Å²) < 4.78 is 42.1. The van der Waals surface area contributed by atoms with Crippen LogP contribution in [0.5, 0.6) is 0 Å². The molecule has 0 atom stereocenters. The predicted molar refractivity (Wildman–Crippen MR) is 62.2 cm³/mol. The van der Waals surface area contributed by atoms with Crippen LogP contribution >= 0.6 is 11.6 Å². The molecule has 104 valence electrons. The highest BCUT2D eigenvalue weighted by Crippen LogP contribution is 2.32. The van der Waals surface area contributed by atoms with Crippen molar-refractivity contribution in [3.05, 3.63) is 29.8 Å². The van der Waals surface area contributed by atoms with Gasteiger partial charge in [0.15, 0.2) is 0 Å². The molecule has 0 radical (unpaired) electrons. The third-order valence-corrected chi connectivity index (χ3v) is 2.23. The topological polar surface area (TPSA) is 46.6 Å². The number of amides is 2. The van der Waals surface area contributed by atoms with E-state index in [0.29, 0.717) is 11.0 Å². The van der Waals surface area contributed by atoms with E-state index in [-0.39, 0.29) is 12.3 Å². The van der Waals surface area contributed by atoms with Crippen LogP contribution in [-0.2, 0) is 10.9 Å². The third-order valence-electron chi connectivity index (χ3n) is 2.06. The van der Waals surface area contributed by atoms with Crippen molar-refractivity contribution in [3.8, 4) is 0 Å². The van der Waals surface area contributed by atoms with E-state index in [2.05, 4.69) is 4.74 Å². The summed E-state index contributed by atoms with van der Waals surface area (Å²) in [6, 6.07) is 3.65. The Hall–Kier alpha value is -1.76. The molecule has 0 fully saturated rings. The van der Waals surface area contributed by atoms with Crippen LogP contribution in [0.4, 0.5) is 28.4 Å². The van der Waals surface area contributed by atoms with Gasteiger partial charge in [-0.2, -0.15) is 13.2 Å². The standard InChI is InChI=1S/C11H9ClF3NO3/c1-2-19-10(18)16(9(12)17)8-5-3-4-7(6-8)11(13,14)15/h3-6H,2H2,1H3. The molecule has 0 aliphatic rings. The molecule has 0 heterocycles. The fraction of sp³-hybridized carbons (Fsp3) is 0.273. The molecule has 0 saturated carbocycles. The van der Waals surface area contributed by atoms with Crippen LogP contribution in [0.3, 0.4) is 0 Å². The molecule has 1 rings (SSSR count). The second-order valence-corrected chi connectivity index (χ2v) is 3.66. The molecular formula is C11H9ClF3NO3. The number of anilines is 1. The number of hydrogen-bond donors (Lipinski definition) is 0. The van der Waals surface area contributed by atoms with E-state index in [4.69, 9.17) is 11.6 Å². The zero-order chi connectivity index (χ0) is 14.6. The lowest BCUT2D eigenvalue weighted by Gasteiger charge is -2.18. The summed E-state index contributed by atoms with van der Waals surface area (Å²) in [4.78, 5) is 22.9. The van der Waals surface area contributed by atoms with Gasteiger partial charge in [0.05, 0.1) is 17.9 Å². The molecule has 8 heteroatoms. The molecule has 0 unspecified atom stereocenters. The smallest absolute Gasteiger partial charge is 0.422 e. The minimum absolute atomic E-state index is 0.0432. The van der Waals surface area contributed by atoms with Crippen molar-refractivity contribution in [2.75, 3.05) is 11.5 Å². The van der Waals surface area contributed by atoms with Crippen molar-refractivity contribution in [3.63, 3.8) is 0 Å². The van der Waals surface area contributed by atoms with Crippen molar-refractivity contribution in [1.29, 1.82) is 0 Å². The zero-order valence-corrected chi connectivity index (χ0v) is 10.5. The van der Waals surface area contributed by atoms with Crippen LogP contribution in [0.1, 0.15) is 12.5 Å². The highest BCUT2D eigenvalue weighted by molar-refractivity contribution is 6.68. The summed E-state index contributed by atoms with van der Waals surface area (Å²) in [5.41, 5.74) is -1.31. The van der Waals surface area contributed by atoms with Crippen molar-refractivity contribution < 1.29 is 27.5 Å². The van der Waals surface area contributed by atoms with Gasteiger partial charge in [-0.05, 0) is 36.7 Å². The molecule has 1 aromatic carbocycles. The lowest BCUT2D eigenvalue weighted by molar-refractivity contribution is -0.137. The highest BCUT2D eigenvalue weighted by Gasteiger charge is 2.32. The normalized spacial score (nSPS) is 11.0. The number of hydrogen-bond acceptors (Lipinski definition) is 3. The molecule has 19 heavy (non-hydrogen) atoms. The molecule has 0 aromatic heterocycles. The Labute approximate surface area is 111 Å². The fourth-order valence-corrected chi connectivity index (χ4v) is 1.45. The van der Waals surface area contributed by atoms with E-state index < -0.39 is 23.2 Å². The number of imide groups is 1. The minimum Gasteiger partial charge on any atom is -0.449 e. The summed E-state index contributed by atoms with van der Waals surface area (Å²) in [5.74, 6) is 0. The van der Waals surface area contributed by atoms with Gasteiger partial charge in [-0.1, -0.05) is 6.07 Å². The van der Waals surface area contributed by atoms with Crippen molar-refractivity contribution in [2.24, 2.45) is 0 Å². The van der Waals surface area contributed by atoms with Gasteiger partial charge in [0.2, 0.25) is 0 Å². The number of rotatable bonds is 2. The average molecular weight is 296 g/mol. The lowest BCUT2D eigenvalue weighted by Crippen LogP contribution is -2.33. The van der Waals surface area contributed by atoms with Gasteiger partial charge in [0.1, 0.15) is 0 Å². The first-order valence-corrected chi connectivity index (χ1v) is 5.48. The molecule has 0 aliphatic heterocycles. The van der Waals surface area contributed by atoms with Crippen molar-refractivity contribution >= 4 is 28.7 Å². The Morgan fingerprint density at radius 2 is 2.00 bits per heavy atom. The van der Waals surface area contributed by atoms with E-state index in [1.807, 2.05) is 0 Å². The van der Waals surface area contributed by atoms with Gasteiger partial charge >= 0.3 is 17.6 Å².